The van der Waals surface area contributed by atoms with Crippen LogP contribution in [-0.2, 0) is 0 Å². The standard InChI is InChI=1S/C23H28N2O2/c1-27-19-10-8-9-18(17-19)21-12-4-5-16-25(21)23(26)20-11-2-3-13-22(20)24-14-6-7-15-24/h2-3,8-11,13,17,21H,4-7,12,14-16H2,1H3/t21-/m1/s1. The summed E-state index contributed by atoms with van der Waals surface area (Å²) in [5.41, 5.74) is 3.10. The van der Waals surface area contributed by atoms with Crippen LogP contribution in [0.3, 0.4) is 0 Å². The molecule has 2 aliphatic rings. The maximum Gasteiger partial charge on any atom is 0.256 e. The summed E-state index contributed by atoms with van der Waals surface area (Å²) >= 11 is 0. The molecule has 142 valence electrons. The Morgan fingerprint density at radius 1 is 0.963 bits per heavy atom. The highest BCUT2D eigenvalue weighted by molar-refractivity contribution is 6.00. The van der Waals surface area contributed by atoms with Crippen LogP contribution in [0.15, 0.2) is 48.5 Å². The second-order valence-electron chi connectivity index (χ2n) is 7.50. The van der Waals surface area contributed by atoms with Gasteiger partial charge in [0.05, 0.1) is 18.7 Å². The maximum atomic E-state index is 13.6. The van der Waals surface area contributed by atoms with Gasteiger partial charge in [-0.3, -0.25) is 4.79 Å². The molecule has 0 radical (unpaired) electrons. The zero-order valence-corrected chi connectivity index (χ0v) is 16.1. The second-order valence-corrected chi connectivity index (χ2v) is 7.50. The molecule has 2 saturated heterocycles. The Morgan fingerprint density at radius 3 is 2.56 bits per heavy atom. The van der Waals surface area contributed by atoms with Crippen LogP contribution in [0, 0.1) is 0 Å². The van der Waals surface area contributed by atoms with Gasteiger partial charge in [0.1, 0.15) is 5.75 Å². The Hall–Kier alpha value is -2.49. The molecule has 2 aromatic carbocycles. The maximum absolute atomic E-state index is 13.6. The van der Waals surface area contributed by atoms with Crippen molar-refractivity contribution in [1.29, 1.82) is 0 Å². The molecule has 0 spiro atoms. The Morgan fingerprint density at radius 2 is 1.74 bits per heavy atom. The predicted molar refractivity (Wildman–Crippen MR) is 109 cm³/mol. The van der Waals surface area contributed by atoms with Crippen molar-refractivity contribution in [3.63, 3.8) is 0 Å². The minimum atomic E-state index is 0.119. The van der Waals surface area contributed by atoms with Gasteiger partial charge in [-0.2, -0.15) is 0 Å². The van der Waals surface area contributed by atoms with Crippen molar-refractivity contribution >= 4 is 11.6 Å². The number of methoxy groups -OCH3 is 1. The average Bonchev–Trinajstić information content (AvgIpc) is 3.28. The Bertz CT molecular complexity index is 798. The van der Waals surface area contributed by atoms with E-state index in [0.29, 0.717) is 0 Å². The summed E-state index contributed by atoms with van der Waals surface area (Å²) in [6, 6.07) is 16.4. The van der Waals surface area contributed by atoms with Gasteiger partial charge < -0.3 is 14.5 Å². The lowest BCUT2D eigenvalue weighted by atomic mass is 9.94. The van der Waals surface area contributed by atoms with Crippen LogP contribution in [0.5, 0.6) is 5.75 Å². The van der Waals surface area contributed by atoms with Crippen molar-refractivity contribution < 1.29 is 9.53 Å². The van der Waals surface area contributed by atoms with E-state index >= 15 is 0 Å². The van der Waals surface area contributed by atoms with Crippen molar-refractivity contribution in [3.05, 3.63) is 59.7 Å². The van der Waals surface area contributed by atoms with E-state index in [-0.39, 0.29) is 11.9 Å². The fourth-order valence-corrected chi connectivity index (χ4v) is 4.41. The predicted octanol–water partition coefficient (Wildman–Crippen LogP) is 4.66. The smallest absolute Gasteiger partial charge is 0.256 e. The summed E-state index contributed by atoms with van der Waals surface area (Å²) in [6.07, 6.45) is 5.64. The minimum absolute atomic E-state index is 0.119. The molecule has 0 unspecified atom stereocenters. The van der Waals surface area contributed by atoms with Crippen molar-refractivity contribution in [3.8, 4) is 5.75 Å². The van der Waals surface area contributed by atoms with E-state index in [1.54, 1.807) is 7.11 Å². The fourth-order valence-electron chi connectivity index (χ4n) is 4.41. The van der Waals surface area contributed by atoms with E-state index in [1.165, 1.54) is 18.4 Å². The molecular formula is C23H28N2O2. The highest BCUT2D eigenvalue weighted by Crippen LogP contribution is 2.35. The van der Waals surface area contributed by atoms with Crippen molar-refractivity contribution in [1.82, 2.24) is 4.90 Å². The molecule has 2 fully saturated rings. The molecule has 2 heterocycles. The molecule has 27 heavy (non-hydrogen) atoms. The van der Waals surface area contributed by atoms with Crippen molar-refractivity contribution in [2.75, 3.05) is 31.6 Å². The molecule has 4 heteroatoms. The molecule has 1 atom stereocenters. The zero-order chi connectivity index (χ0) is 18.6. The van der Waals surface area contributed by atoms with Gasteiger partial charge >= 0.3 is 0 Å². The number of amides is 1. The molecule has 2 aliphatic heterocycles. The van der Waals surface area contributed by atoms with Gasteiger partial charge in [0.15, 0.2) is 0 Å². The number of piperidine rings is 1. The van der Waals surface area contributed by atoms with Crippen LogP contribution in [0.4, 0.5) is 5.69 Å². The number of hydrogen-bond donors (Lipinski definition) is 0. The van der Waals surface area contributed by atoms with Gasteiger partial charge in [-0.15, -0.1) is 0 Å². The molecule has 4 rings (SSSR count). The third-order valence-electron chi connectivity index (χ3n) is 5.82. The molecule has 1 amide bonds. The number of benzene rings is 2. The summed E-state index contributed by atoms with van der Waals surface area (Å²) in [7, 11) is 1.69. The number of likely N-dealkylation sites (tertiary alicyclic amines) is 1. The quantitative estimate of drug-likeness (QED) is 0.791. The number of carbonyl (C=O) groups excluding carboxylic acids is 1. The van der Waals surface area contributed by atoms with Gasteiger partial charge in [0.25, 0.3) is 5.91 Å². The number of ether oxygens (including phenoxy) is 1. The number of carbonyl (C=O) groups is 1. The third-order valence-corrected chi connectivity index (χ3v) is 5.82. The summed E-state index contributed by atoms with van der Waals surface area (Å²) in [5.74, 6) is 1.01. The zero-order valence-electron chi connectivity index (χ0n) is 16.1. The van der Waals surface area contributed by atoms with Gasteiger partial charge in [0.2, 0.25) is 0 Å². The van der Waals surface area contributed by atoms with Crippen molar-refractivity contribution in [2.45, 2.75) is 38.1 Å². The molecule has 4 nitrogen and oxygen atoms in total. The minimum Gasteiger partial charge on any atom is -0.497 e. The van der Waals surface area contributed by atoms with E-state index in [4.69, 9.17) is 4.74 Å². The van der Waals surface area contributed by atoms with E-state index in [0.717, 1.165) is 55.9 Å². The molecule has 0 aliphatic carbocycles. The SMILES string of the molecule is COc1cccc([C@H]2CCCCN2C(=O)c2ccccc2N2CCCC2)c1. The fraction of sp³-hybridized carbons (Fsp3) is 0.435. The first-order valence-corrected chi connectivity index (χ1v) is 10.1. The van der Waals surface area contributed by atoms with E-state index in [1.807, 2.05) is 30.3 Å². The topological polar surface area (TPSA) is 32.8 Å². The van der Waals surface area contributed by atoms with Crippen molar-refractivity contribution in [2.24, 2.45) is 0 Å². The second kappa shape index (κ2) is 8.03. The number of hydrogen-bond acceptors (Lipinski definition) is 3. The number of nitrogens with zero attached hydrogens (tertiary/aromatic N) is 2. The average molecular weight is 364 g/mol. The normalized spacial score (nSPS) is 20.0. The first kappa shape index (κ1) is 17.9. The Labute approximate surface area is 161 Å². The lowest BCUT2D eigenvalue weighted by Crippen LogP contribution is -2.39. The summed E-state index contributed by atoms with van der Waals surface area (Å²) < 4.78 is 5.40. The molecular weight excluding hydrogens is 336 g/mol. The number of anilines is 1. The molecule has 0 bridgehead atoms. The van der Waals surface area contributed by atoms with E-state index < -0.39 is 0 Å². The van der Waals surface area contributed by atoms with Crippen LogP contribution >= 0.6 is 0 Å². The third kappa shape index (κ3) is 3.66. The highest BCUT2D eigenvalue weighted by atomic mass is 16.5. The molecule has 0 N–H and O–H groups in total. The van der Waals surface area contributed by atoms with Crippen LogP contribution in [-0.4, -0.2) is 37.6 Å². The number of para-hydroxylation sites is 1. The van der Waals surface area contributed by atoms with Crippen LogP contribution in [0.25, 0.3) is 0 Å². The lowest BCUT2D eigenvalue weighted by molar-refractivity contribution is 0.0612. The Balaban J connectivity index is 1.65. The first-order chi connectivity index (χ1) is 13.3. The molecule has 0 aromatic heterocycles. The largest absolute Gasteiger partial charge is 0.497 e. The monoisotopic (exact) mass is 364 g/mol. The lowest BCUT2D eigenvalue weighted by Gasteiger charge is -2.37. The highest BCUT2D eigenvalue weighted by Gasteiger charge is 2.31. The van der Waals surface area contributed by atoms with Gasteiger partial charge in [-0.25, -0.2) is 0 Å². The summed E-state index contributed by atoms with van der Waals surface area (Å²) in [6.45, 7) is 2.91. The molecule has 2 aromatic rings. The van der Waals surface area contributed by atoms with Crippen LogP contribution in [0.2, 0.25) is 0 Å². The summed E-state index contributed by atoms with van der Waals surface area (Å²) in [5, 5.41) is 0. The Kier molecular flexibility index (Phi) is 5.33. The van der Waals surface area contributed by atoms with Gasteiger partial charge in [0, 0.05) is 25.3 Å². The van der Waals surface area contributed by atoms with E-state index in [9.17, 15) is 4.79 Å². The summed E-state index contributed by atoms with van der Waals surface area (Å²) in [4.78, 5) is 18.0. The van der Waals surface area contributed by atoms with Crippen LogP contribution < -0.4 is 9.64 Å². The van der Waals surface area contributed by atoms with Gasteiger partial charge in [-0.05, 0) is 61.9 Å². The molecule has 0 saturated carbocycles. The number of rotatable bonds is 4. The van der Waals surface area contributed by atoms with Crippen LogP contribution in [0.1, 0.15) is 54.1 Å². The first-order valence-electron chi connectivity index (χ1n) is 10.1. The van der Waals surface area contributed by atoms with E-state index in [2.05, 4.69) is 28.0 Å². The van der Waals surface area contributed by atoms with Gasteiger partial charge in [-0.1, -0.05) is 24.3 Å².